The summed E-state index contributed by atoms with van der Waals surface area (Å²) in [6.07, 6.45) is 5.16. The van der Waals surface area contributed by atoms with Gasteiger partial charge in [-0.15, -0.1) is 0 Å². The fourth-order valence-electron chi connectivity index (χ4n) is 10.1. The summed E-state index contributed by atoms with van der Waals surface area (Å²) in [6, 6.07) is 68.1. The van der Waals surface area contributed by atoms with E-state index in [-0.39, 0.29) is 0 Å². The molecule has 0 saturated heterocycles. The van der Waals surface area contributed by atoms with E-state index in [0.717, 1.165) is 110 Å². The van der Waals surface area contributed by atoms with Gasteiger partial charge in [-0.2, -0.15) is 9.97 Å². The molecule has 0 spiro atoms. The fourth-order valence-corrected chi connectivity index (χ4v) is 10.1. The van der Waals surface area contributed by atoms with E-state index >= 15 is 0 Å². The molecule has 0 aliphatic carbocycles. The van der Waals surface area contributed by atoms with E-state index in [2.05, 4.69) is 220 Å². The van der Waals surface area contributed by atoms with Crippen LogP contribution in [0.5, 0.6) is 0 Å². The molecule has 0 aliphatic rings. The van der Waals surface area contributed by atoms with E-state index < -0.39 is 0 Å². The van der Waals surface area contributed by atoms with Crippen molar-refractivity contribution in [2.24, 2.45) is 0 Å². The van der Waals surface area contributed by atoms with E-state index in [0.29, 0.717) is 17.6 Å². The van der Waals surface area contributed by atoms with Gasteiger partial charge in [0.2, 0.25) is 5.95 Å². The van der Waals surface area contributed by atoms with Crippen LogP contribution < -0.4 is 0 Å². The van der Waals surface area contributed by atoms with Crippen LogP contribution in [0.2, 0.25) is 0 Å². The number of furan rings is 1. The largest absolute Gasteiger partial charge is 0.456 e. The number of nitrogens with zero attached hydrogens (tertiary/aromatic N) is 4. The molecule has 69 heavy (non-hydrogen) atoms. The zero-order valence-electron chi connectivity index (χ0n) is 38.4. The maximum Gasteiger partial charge on any atom is 0.238 e. The van der Waals surface area contributed by atoms with Crippen LogP contribution in [0.3, 0.4) is 0 Å². The summed E-state index contributed by atoms with van der Waals surface area (Å²) < 4.78 is 8.92. The van der Waals surface area contributed by atoms with E-state index in [1.165, 1.54) is 17.2 Å². The number of rotatable bonds is 7. The SMILES string of the molecule is C=Cc1c(C=C)c2c3cccc(-c4ccc5c(c4)oc4ccc6ccccc6c45)c3n(-c3nc(-c4ccc(-c5ccccc5)cc4)nc(-c4ccc5ccccc5c4)n3)c2c2ccccc12.CCC. The zero-order chi connectivity index (χ0) is 46.6. The van der Waals surface area contributed by atoms with Crippen molar-refractivity contribution in [1.29, 1.82) is 0 Å². The first kappa shape index (κ1) is 41.5. The summed E-state index contributed by atoms with van der Waals surface area (Å²) in [7, 11) is 0. The number of hydrogen-bond donors (Lipinski definition) is 0. The van der Waals surface area contributed by atoms with Gasteiger partial charge in [-0.3, -0.25) is 4.57 Å². The molecule has 0 atom stereocenters. The number of hydrogen-bond acceptors (Lipinski definition) is 4. The lowest BCUT2D eigenvalue weighted by Crippen LogP contribution is -2.07. The Balaban J connectivity index is 0.00000160. The molecule has 0 fully saturated rings. The third-order valence-electron chi connectivity index (χ3n) is 13.2. The topological polar surface area (TPSA) is 56.7 Å². The maximum absolute atomic E-state index is 6.67. The molecule has 13 rings (SSSR count). The molecular weight excluding hydrogens is 841 g/mol. The van der Waals surface area contributed by atoms with Crippen LogP contribution in [-0.4, -0.2) is 19.5 Å². The van der Waals surface area contributed by atoms with Gasteiger partial charge in [-0.05, 0) is 79.0 Å². The number of para-hydroxylation sites is 1. The van der Waals surface area contributed by atoms with Crippen molar-refractivity contribution in [3.05, 3.63) is 218 Å². The first-order valence-corrected chi connectivity index (χ1v) is 23.6. The van der Waals surface area contributed by atoms with Crippen LogP contribution in [0.15, 0.2) is 212 Å². The third kappa shape index (κ3) is 6.89. The smallest absolute Gasteiger partial charge is 0.238 e. The molecule has 13 aromatic rings. The van der Waals surface area contributed by atoms with Gasteiger partial charge in [0.15, 0.2) is 11.6 Å². The highest BCUT2D eigenvalue weighted by molar-refractivity contribution is 6.26. The molecule has 0 N–H and O–H groups in total. The molecule has 0 amide bonds. The Morgan fingerprint density at radius 3 is 1.78 bits per heavy atom. The summed E-state index contributed by atoms with van der Waals surface area (Å²) in [4.78, 5) is 16.2. The summed E-state index contributed by atoms with van der Waals surface area (Å²) in [6.45, 7) is 13.0. The monoisotopic (exact) mass is 886 g/mol. The first-order chi connectivity index (χ1) is 34.0. The summed E-state index contributed by atoms with van der Waals surface area (Å²) in [5.41, 5.74) is 11.7. The van der Waals surface area contributed by atoms with Crippen LogP contribution in [-0.2, 0) is 0 Å². The van der Waals surface area contributed by atoms with Crippen LogP contribution in [0, 0.1) is 0 Å². The van der Waals surface area contributed by atoms with Crippen molar-refractivity contribution in [3.8, 4) is 51.0 Å². The molecule has 3 heterocycles. The second-order valence-electron chi connectivity index (χ2n) is 17.5. The second-order valence-corrected chi connectivity index (χ2v) is 17.5. The van der Waals surface area contributed by atoms with Gasteiger partial charge in [0.25, 0.3) is 0 Å². The normalized spacial score (nSPS) is 11.5. The van der Waals surface area contributed by atoms with Gasteiger partial charge in [0.1, 0.15) is 11.2 Å². The van der Waals surface area contributed by atoms with Gasteiger partial charge in [0, 0.05) is 43.6 Å². The van der Waals surface area contributed by atoms with Gasteiger partial charge in [-0.1, -0.05) is 215 Å². The van der Waals surface area contributed by atoms with Crippen molar-refractivity contribution < 1.29 is 4.42 Å². The average molecular weight is 887 g/mol. The van der Waals surface area contributed by atoms with Crippen LogP contribution in [0.1, 0.15) is 31.4 Å². The predicted octanol–water partition coefficient (Wildman–Crippen LogP) is 17.7. The van der Waals surface area contributed by atoms with Gasteiger partial charge in [0.05, 0.1) is 11.0 Å². The molecule has 0 unspecified atom stereocenters. The highest BCUT2D eigenvalue weighted by Gasteiger charge is 2.25. The molecule has 5 nitrogen and oxygen atoms in total. The fraction of sp³-hybridized carbons (Fsp3) is 0.0469. The standard InChI is InChI=1S/C61H38N4O.C3H8/c1-3-45-46(4-2)56-52-24-14-23-48(43-31-33-51-54(36-43)66-53-34-32-40-18-10-11-20-47(40)55(51)53)57(52)65(58(56)50-22-13-12-21-49(45)50)61-63-59(41-28-25-39(26-29-41)37-15-6-5-7-16-37)62-60(64-61)44-30-27-38-17-8-9-19-42(38)35-44;1-3-2/h3-36H,1-2H2;3H2,1-2H3. The predicted molar refractivity (Wildman–Crippen MR) is 292 cm³/mol. The Labute approximate surface area is 400 Å². The molecule has 0 bridgehead atoms. The van der Waals surface area contributed by atoms with Crippen LogP contribution >= 0.6 is 0 Å². The summed E-state index contributed by atoms with van der Waals surface area (Å²) in [5, 5.41) is 11.0. The molecular formula is C64H46N4O. The molecule has 328 valence electrons. The molecule has 0 saturated carbocycles. The quantitative estimate of drug-likeness (QED) is 0.160. The Kier molecular flexibility index (Phi) is 10.3. The lowest BCUT2D eigenvalue weighted by molar-refractivity contribution is 0.669. The Bertz CT molecular complexity index is 4160. The lowest BCUT2D eigenvalue weighted by Gasteiger charge is -2.15. The third-order valence-corrected chi connectivity index (χ3v) is 13.2. The van der Waals surface area contributed by atoms with Gasteiger partial charge < -0.3 is 4.42 Å². The molecule has 3 aromatic heterocycles. The van der Waals surface area contributed by atoms with Crippen molar-refractivity contribution in [1.82, 2.24) is 19.5 Å². The van der Waals surface area contributed by atoms with Gasteiger partial charge >= 0.3 is 0 Å². The maximum atomic E-state index is 6.67. The van der Waals surface area contributed by atoms with Crippen LogP contribution in [0.25, 0.3) is 139 Å². The minimum atomic E-state index is 0.505. The van der Waals surface area contributed by atoms with Gasteiger partial charge in [-0.25, -0.2) is 4.98 Å². The van der Waals surface area contributed by atoms with E-state index in [1.807, 2.05) is 18.2 Å². The number of aromatic nitrogens is 4. The average Bonchev–Trinajstić information content (AvgIpc) is 3.97. The van der Waals surface area contributed by atoms with Crippen molar-refractivity contribution in [2.75, 3.05) is 0 Å². The number of benzene rings is 10. The van der Waals surface area contributed by atoms with Crippen molar-refractivity contribution in [3.63, 3.8) is 0 Å². The zero-order valence-corrected chi connectivity index (χ0v) is 38.4. The molecule has 5 heteroatoms. The van der Waals surface area contributed by atoms with E-state index in [4.69, 9.17) is 19.4 Å². The lowest BCUT2D eigenvalue weighted by atomic mass is 9.93. The highest BCUT2D eigenvalue weighted by atomic mass is 16.3. The molecule has 10 aromatic carbocycles. The molecule has 0 aliphatic heterocycles. The van der Waals surface area contributed by atoms with Crippen molar-refractivity contribution >= 4 is 88.2 Å². The number of fused-ring (bicyclic) bond motifs is 11. The minimum absolute atomic E-state index is 0.505. The second kappa shape index (κ2) is 17.1. The van der Waals surface area contributed by atoms with Crippen molar-refractivity contribution in [2.45, 2.75) is 20.3 Å². The Morgan fingerprint density at radius 2 is 1.01 bits per heavy atom. The Hall–Kier alpha value is -8.93. The van der Waals surface area contributed by atoms with Crippen LogP contribution in [0.4, 0.5) is 0 Å². The minimum Gasteiger partial charge on any atom is -0.456 e. The highest BCUT2D eigenvalue weighted by Crippen LogP contribution is 2.46. The Morgan fingerprint density at radius 1 is 0.420 bits per heavy atom. The molecule has 0 radical (unpaired) electrons. The summed E-state index contributed by atoms with van der Waals surface area (Å²) >= 11 is 0. The van der Waals surface area contributed by atoms with E-state index in [1.54, 1.807) is 0 Å². The van der Waals surface area contributed by atoms with E-state index in [9.17, 15) is 0 Å². The first-order valence-electron chi connectivity index (χ1n) is 23.6. The summed E-state index contributed by atoms with van der Waals surface area (Å²) in [5.74, 6) is 1.65.